The van der Waals surface area contributed by atoms with E-state index in [1.54, 1.807) is 6.07 Å². The highest BCUT2D eigenvalue weighted by atomic mass is 16.5. The molecular formula is C11H17N5O2. The Morgan fingerprint density at radius 3 is 3.11 bits per heavy atom. The van der Waals surface area contributed by atoms with Crippen molar-refractivity contribution in [2.24, 2.45) is 5.73 Å². The molecule has 1 fully saturated rings. The molecule has 2 rings (SSSR count). The fourth-order valence-electron chi connectivity index (χ4n) is 1.89. The van der Waals surface area contributed by atoms with Crippen LogP contribution in [0.4, 0.5) is 5.95 Å². The van der Waals surface area contributed by atoms with Crippen LogP contribution in [0.3, 0.4) is 0 Å². The summed E-state index contributed by atoms with van der Waals surface area (Å²) in [6.45, 7) is 3.44. The van der Waals surface area contributed by atoms with Gasteiger partial charge in [-0.3, -0.25) is 5.41 Å². The van der Waals surface area contributed by atoms with Gasteiger partial charge in [0.15, 0.2) is 0 Å². The van der Waals surface area contributed by atoms with Gasteiger partial charge in [-0.2, -0.15) is 0 Å². The number of hydrogen-bond acceptors (Lipinski definition) is 6. The van der Waals surface area contributed by atoms with Gasteiger partial charge >= 0.3 is 0 Å². The Labute approximate surface area is 105 Å². The molecule has 0 spiro atoms. The zero-order valence-corrected chi connectivity index (χ0v) is 10.3. The van der Waals surface area contributed by atoms with E-state index in [-0.39, 0.29) is 18.5 Å². The normalized spacial score (nSPS) is 19.9. The Bertz CT molecular complexity index is 451. The van der Waals surface area contributed by atoms with Gasteiger partial charge in [-0.1, -0.05) is 0 Å². The third-order valence-electron chi connectivity index (χ3n) is 2.81. The quantitative estimate of drug-likeness (QED) is 0.482. The van der Waals surface area contributed by atoms with E-state index in [1.165, 1.54) is 0 Å². The fraction of sp³-hybridized carbons (Fsp3) is 0.545. The highest BCUT2D eigenvalue weighted by molar-refractivity contribution is 5.93. The molecule has 0 radical (unpaired) electrons. The first-order valence-corrected chi connectivity index (χ1v) is 5.77. The van der Waals surface area contributed by atoms with Crippen LogP contribution in [0.15, 0.2) is 6.07 Å². The summed E-state index contributed by atoms with van der Waals surface area (Å²) < 4.78 is 5.31. The molecule has 1 aliphatic heterocycles. The molecule has 0 bridgehead atoms. The van der Waals surface area contributed by atoms with Crippen molar-refractivity contribution in [3.63, 3.8) is 0 Å². The Morgan fingerprint density at radius 2 is 2.44 bits per heavy atom. The lowest BCUT2D eigenvalue weighted by atomic mass is 10.2. The SMILES string of the molecule is Cc1cc(C(=N)N)nc(N2CCOCC2CO)n1. The summed E-state index contributed by atoms with van der Waals surface area (Å²) >= 11 is 0. The molecule has 1 aromatic heterocycles. The Hall–Kier alpha value is -1.73. The number of ether oxygens (including phenoxy) is 1. The predicted molar refractivity (Wildman–Crippen MR) is 66.8 cm³/mol. The van der Waals surface area contributed by atoms with E-state index < -0.39 is 0 Å². The molecule has 18 heavy (non-hydrogen) atoms. The highest BCUT2D eigenvalue weighted by Gasteiger charge is 2.25. The number of hydrogen-bond donors (Lipinski definition) is 3. The van der Waals surface area contributed by atoms with Gasteiger partial charge in [0, 0.05) is 12.2 Å². The van der Waals surface area contributed by atoms with E-state index in [9.17, 15) is 5.11 Å². The molecule has 1 aromatic rings. The lowest BCUT2D eigenvalue weighted by Crippen LogP contribution is -2.48. The second-order valence-electron chi connectivity index (χ2n) is 4.21. The van der Waals surface area contributed by atoms with Gasteiger partial charge in [0.25, 0.3) is 0 Å². The summed E-state index contributed by atoms with van der Waals surface area (Å²) in [5.41, 5.74) is 6.60. The number of aliphatic hydroxyl groups excluding tert-OH is 1. The molecular weight excluding hydrogens is 234 g/mol. The Kier molecular flexibility index (Phi) is 3.73. The van der Waals surface area contributed by atoms with E-state index in [0.29, 0.717) is 31.4 Å². The van der Waals surface area contributed by atoms with E-state index in [0.717, 1.165) is 5.69 Å². The first-order valence-electron chi connectivity index (χ1n) is 5.77. The zero-order chi connectivity index (χ0) is 13.1. The number of amidine groups is 1. The van der Waals surface area contributed by atoms with Crippen LogP contribution in [0, 0.1) is 12.3 Å². The van der Waals surface area contributed by atoms with Crippen LogP contribution in [0.5, 0.6) is 0 Å². The van der Waals surface area contributed by atoms with Crippen molar-refractivity contribution in [3.8, 4) is 0 Å². The van der Waals surface area contributed by atoms with Crippen LogP contribution in [0.2, 0.25) is 0 Å². The molecule has 1 aliphatic rings. The third-order valence-corrected chi connectivity index (χ3v) is 2.81. The average Bonchev–Trinajstić information content (AvgIpc) is 2.38. The van der Waals surface area contributed by atoms with Crippen LogP contribution in [-0.4, -0.2) is 53.3 Å². The lowest BCUT2D eigenvalue weighted by Gasteiger charge is -2.34. The van der Waals surface area contributed by atoms with Crippen LogP contribution < -0.4 is 10.6 Å². The number of nitrogen functional groups attached to an aromatic ring is 1. The smallest absolute Gasteiger partial charge is 0.226 e. The summed E-state index contributed by atoms with van der Waals surface area (Å²) in [7, 11) is 0. The van der Waals surface area contributed by atoms with Crippen molar-refractivity contribution in [2.45, 2.75) is 13.0 Å². The maximum atomic E-state index is 9.33. The number of aliphatic hydroxyl groups is 1. The number of rotatable bonds is 3. The zero-order valence-electron chi connectivity index (χ0n) is 10.3. The molecule has 0 aliphatic carbocycles. The average molecular weight is 251 g/mol. The van der Waals surface area contributed by atoms with Crippen LogP contribution in [0.25, 0.3) is 0 Å². The maximum Gasteiger partial charge on any atom is 0.226 e. The van der Waals surface area contributed by atoms with Crippen molar-refractivity contribution in [2.75, 3.05) is 31.3 Å². The topological polar surface area (TPSA) is 108 Å². The summed E-state index contributed by atoms with van der Waals surface area (Å²) in [6, 6.07) is 1.51. The Morgan fingerprint density at radius 1 is 1.67 bits per heavy atom. The predicted octanol–water partition coefficient (Wildman–Crippen LogP) is -0.733. The van der Waals surface area contributed by atoms with Gasteiger partial charge in [-0.15, -0.1) is 0 Å². The van der Waals surface area contributed by atoms with Gasteiger partial charge < -0.3 is 20.5 Å². The van der Waals surface area contributed by atoms with Gasteiger partial charge in [-0.05, 0) is 13.0 Å². The van der Waals surface area contributed by atoms with Gasteiger partial charge in [0.2, 0.25) is 5.95 Å². The molecule has 1 saturated heterocycles. The van der Waals surface area contributed by atoms with Crippen molar-refractivity contribution < 1.29 is 9.84 Å². The summed E-state index contributed by atoms with van der Waals surface area (Å²) in [6.07, 6.45) is 0. The molecule has 4 N–H and O–H groups in total. The van der Waals surface area contributed by atoms with E-state index in [2.05, 4.69) is 9.97 Å². The number of nitrogens with zero attached hydrogens (tertiary/aromatic N) is 3. The molecule has 0 saturated carbocycles. The van der Waals surface area contributed by atoms with Crippen LogP contribution in [-0.2, 0) is 4.74 Å². The number of aryl methyl sites for hydroxylation is 1. The van der Waals surface area contributed by atoms with E-state index in [4.69, 9.17) is 15.9 Å². The first kappa shape index (κ1) is 12.7. The van der Waals surface area contributed by atoms with Crippen LogP contribution in [0.1, 0.15) is 11.4 Å². The molecule has 1 atom stereocenters. The van der Waals surface area contributed by atoms with Gasteiger partial charge in [0.1, 0.15) is 11.5 Å². The molecule has 0 amide bonds. The molecule has 98 valence electrons. The maximum absolute atomic E-state index is 9.33. The number of anilines is 1. The van der Waals surface area contributed by atoms with Gasteiger partial charge in [0.05, 0.1) is 25.9 Å². The second-order valence-corrected chi connectivity index (χ2v) is 4.21. The first-order chi connectivity index (χ1) is 8.61. The van der Waals surface area contributed by atoms with Gasteiger partial charge in [-0.25, -0.2) is 9.97 Å². The highest BCUT2D eigenvalue weighted by Crippen LogP contribution is 2.16. The van der Waals surface area contributed by atoms with Crippen LogP contribution >= 0.6 is 0 Å². The molecule has 1 unspecified atom stereocenters. The van der Waals surface area contributed by atoms with E-state index >= 15 is 0 Å². The number of nitrogens with two attached hydrogens (primary N) is 1. The molecule has 2 heterocycles. The minimum atomic E-state index is -0.152. The largest absolute Gasteiger partial charge is 0.394 e. The fourth-order valence-corrected chi connectivity index (χ4v) is 1.89. The summed E-state index contributed by atoms with van der Waals surface area (Å²) in [4.78, 5) is 10.5. The third kappa shape index (κ3) is 2.57. The monoisotopic (exact) mass is 251 g/mol. The minimum Gasteiger partial charge on any atom is -0.394 e. The standard InChI is InChI=1S/C11H17N5O2/c1-7-4-9(10(12)13)15-11(14-7)16-2-3-18-6-8(16)5-17/h4,8,17H,2-3,5-6H2,1H3,(H3,12,13). The molecule has 7 nitrogen and oxygen atoms in total. The summed E-state index contributed by atoms with van der Waals surface area (Å²) in [5, 5.41) is 16.8. The van der Waals surface area contributed by atoms with E-state index in [1.807, 2.05) is 11.8 Å². The lowest BCUT2D eigenvalue weighted by molar-refractivity contribution is 0.0718. The minimum absolute atomic E-state index is 0.0211. The van der Waals surface area contributed by atoms with Crippen molar-refractivity contribution in [1.82, 2.24) is 9.97 Å². The second kappa shape index (κ2) is 5.28. The Balaban J connectivity index is 2.33. The van der Waals surface area contributed by atoms with Crippen molar-refractivity contribution >= 4 is 11.8 Å². The molecule has 7 heteroatoms. The number of nitrogens with one attached hydrogen (secondary N) is 1. The molecule has 0 aromatic carbocycles. The summed E-state index contributed by atoms with van der Waals surface area (Å²) in [5.74, 6) is 0.401. The van der Waals surface area contributed by atoms with Crippen molar-refractivity contribution in [3.05, 3.63) is 17.5 Å². The van der Waals surface area contributed by atoms with Crippen molar-refractivity contribution in [1.29, 1.82) is 5.41 Å². The number of morpholine rings is 1. The number of aromatic nitrogens is 2.